The van der Waals surface area contributed by atoms with Crippen molar-refractivity contribution in [3.8, 4) is 68.3 Å². The molecule has 10 rings (SSSR count). The molecule has 7 nitrogen and oxygen atoms in total. The monoisotopic (exact) mass is 729 g/mol. The highest BCUT2D eigenvalue weighted by molar-refractivity contribution is 5.90. The first-order valence-electron chi connectivity index (χ1n) is 18.1. The van der Waals surface area contributed by atoms with Gasteiger partial charge in [-0.15, -0.1) is 0 Å². The fourth-order valence-electron chi connectivity index (χ4n) is 7.25. The zero-order chi connectivity index (χ0) is 37.6. The molecule has 0 atom stereocenters. The van der Waals surface area contributed by atoms with Crippen molar-refractivity contribution in [3.05, 3.63) is 188 Å². The highest BCUT2D eigenvalue weighted by atomic mass is 19.1. The molecule has 56 heavy (non-hydrogen) atoms. The minimum atomic E-state index is -0.348. The Morgan fingerprint density at radius 3 is 1.23 bits per heavy atom. The summed E-state index contributed by atoms with van der Waals surface area (Å²) in [6, 6.07) is 54.0. The van der Waals surface area contributed by atoms with Gasteiger partial charge in [-0.1, -0.05) is 115 Å². The van der Waals surface area contributed by atoms with Crippen molar-refractivity contribution >= 4 is 22.1 Å². The third kappa shape index (κ3) is 5.79. The standard InChI is InChI=1S/C47H29F2N7/c48-31-16-12-18-33(28-31)55-41-26-10-8-24-39(41)50-46(55)37-22-6-4-20-35(37)44-52-43(30-14-2-1-3-15-30)53-45(54-44)36-21-5-7-23-38(36)47-51-40-25-9-11-27-42(40)56(47)34-19-13-17-32(49)29-34/h1-29H. The summed E-state index contributed by atoms with van der Waals surface area (Å²) in [5.74, 6) is 1.86. The van der Waals surface area contributed by atoms with Gasteiger partial charge in [0.2, 0.25) is 0 Å². The second-order valence-corrected chi connectivity index (χ2v) is 13.2. The molecule has 266 valence electrons. The number of nitrogens with zero attached hydrogens (tertiary/aromatic N) is 7. The lowest BCUT2D eigenvalue weighted by atomic mass is 10.0. The number of para-hydroxylation sites is 4. The van der Waals surface area contributed by atoms with Gasteiger partial charge in [0.25, 0.3) is 0 Å². The minimum absolute atomic E-state index is 0.348. The number of fused-ring (bicyclic) bond motifs is 2. The third-order valence-corrected chi connectivity index (χ3v) is 9.74. The number of hydrogen-bond acceptors (Lipinski definition) is 5. The Labute approximate surface area is 319 Å². The van der Waals surface area contributed by atoms with Crippen LogP contribution in [0, 0.1) is 11.6 Å². The summed E-state index contributed by atoms with van der Waals surface area (Å²) in [5.41, 5.74) is 8.22. The second-order valence-electron chi connectivity index (χ2n) is 13.2. The van der Waals surface area contributed by atoms with E-state index in [1.54, 1.807) is 12.1 Å². The third-order valence-electron chi connectivity index (χ3n) is 9.74. The zero-order valence-corrected chi connectivity index (χ0v) is 29.6. The fourth-order valence-corrected chi connectivity index (χ4v) is 7.25. The molecule has 0 aliphatic heterocycles. The van der Waals surface area contributed by atoms with E-state index in [4.69, 9.17) is 24.9 Å². The predicted octanol–water partition coefficient (Wildman–Crippen LogP) is 11.2. The van der Waals surface area contributed by atoms with E-state index in [0.29, 0.717) is 51.6 Å². The van der Waals surface area contributed by atoms with Crippen molar-refractivity contribution in [1.29, 1.82) is 0 Å². The summed E-state index contributed by atoms with van der Waals surface area (Å²) in [5, 5.41) is 0. The molecular weight excluding hydrogens is 701 g/mol. The van der Waals surface area contributed by atoms with Crippen molar-refractivity contribution in [2.75, 3.05) is 0 Å². The van der Waals surface area contributed by atoms with Crippen molar-refractivity contribution in [1.82, 2.24) is 34.1 Å². The van der Waals surface area contributed by atoms with E-state index in [-0.39, 0.29) is 11.6 Å². The average molecular weight is 730 g/mol. The van der Waals surface area contributed by atoms with Gasteiger partial charge in [-0.05, 0) is 60.7 Å². The summed E-state index contributed by atoms with van der Waals surface area (Å²) in [4.78, 5) is 25.5. The summed E-state index contributed by atoms with van der Waals surface area (Å²) in [6.45, 7) is 0. The maximum Gasteiger partial charge on any atom is 0.164 e. The minimum Gasteiger partial charge on any atom is -0.292 e. The maximum absolute atomic E-state index is 14.7. The average Bonchev–Trinajstić information content (AvgIpc) is 3.83. The van der Waals surface area contributed by atoms with Gasteiger partial charge in [0.15, 0.2) is 17.5 Å². The Hall–Kier alpha value is -7.65. The smallest absolute Gasteiger partial charge is 0.164 e. The molecule has 0 unspecified atom stereocenters. The molecular formula is C47H29F2N7. The topological polar surface area (TPSA) is 74.3 Å². The molecule has 3 heterocycles. The Balaban J connectivity index is 1.22. The predicted molar refractivity (Wildman–Crippen MR) is 216 cm³/mol. The Kier molecular flexibility index (Phi) is 8.03. The SMILES string of the molecule is Fc1cccc(-n2c(-c3ccccc3-c3nc(-c4ccccc4)nc(-c4ccccc4-c4nc5ccccc5n4-c4cccc(F)c4)n3)nc3ccccc32)c1. The molecule has 0 bridgehead atoms. The Bertz CT molecular complexity index is 2890. The fraction of sp³-hybridized carbons (Fsp3) is 0. The summed E-state index contributed by atoms with van der Waals surface area (Å²) in [6.07, 6.45) is 0. The normalized spacial score (nSPS) is 11.4. The second kappa shape index (κ2) is 13.6. The molecule has 9 heteroatoms. The largest absolute Gasteiger partial charge is 0.292 e. The lowest BCUT2D eigenvalue weighted by Crippen LogP contribution is -2.04. The van der Waals surface area contributed by atoms with Crippen molar-refractivity contribution in [2.45, 2.75) is 0 Å². The molecule has 0 saturated heterocycles. The van der Waals surface area contributed by atoms with Gasteiger partial charge in [-0.2, -0.15) is 0 Å². The van der Waals surface area contributed by atoms with Crippen LogP contribution in [0.4, 0.5) is 8.78 Å². The van der Waals surface area contributed by atoms with Gasteiger partial charge in [0.05, 0.1) is 33.4 Å². The lowest BCUT2D eigenvalue weighted by molar-refractivity contribution is 0.626. The maximum atomic E-state index is 14.7. The van der Waals surface area contributed by atoms with Crippen LogP contribution < -0.4 is 0 Å². The van der Waals surface area contributed by atoms with Crippen LogP contribution >= 0.6 is 0 Å². The van der Waals surface area contributed by atoms with E-state index >= 15 is 0 Å². The first-order valence-corrected chi connectivity index (χ1v) is 18.1. The van der Waals surface area contributed by atoms with Gasteiger partial charge in [0, 0.05) is 27.8 Å². The number of halogens is 2. The summed E-state index contributed by atoms with van der Waals surface area (Å²) < 4.78 is 33.4. The number of benzene rings is 7. The van der Waals surface area contributed by atoms with Crippen molar-refractivity contribution < 1.29 is 8.78 Å². The summed E-state index contributed by atoms with van der Waals surface area (Å²) >= 11 is 0. The first kappa shape index (κ1) is 33.0. The van der Waals surface area contributed by atoms with Gasteiger partial charge < -0.3 is 0 Å². The summed E-state index contributed by atoms with van der Waals surface area (Å²) in [7, 11) is 0. The molecule has 0 N–H and O–H groups in total. The molecule has 0 aliphatic rings. The van der Waals surface area contributed by atoms with Crippen LogP contribution in [-0.2, 0) is 0 Å². The first-order chi connectivity index (χ1) is 27.6. The van der Waals surface area contributed by atoms with E-state index in [0.717, 1.165) is 38.8 Å². The number of aromatic nitrogens is 7. The molecule has 0 saturated carbocycles. The number of imidazole rings is 2. The quantitative estimate of drug-likeness (QED) is 0.163. The van der Waals surface area contributed by atoms with Gasteiger partial charge in [-0.3, -0.25) is 9.13 Å². The van der Waals surface area contributed by atoms with E-state index in [1.807, 2.05) is 149 Å². The highest BCUT2D eigenvalue weighted by Crippen LogP contribution is 2.38. The van der Waals surface area contributed by atoms with Crippen LogP contribution in [0.3, 0.4) is 0 Å². The zero-order valence-electron chi connectivity index (χ0n) is 29.6. The van der Waals surface area contributed by atoms with Crippen LogP contribution in [0.25, 0.3) is 90.4 Å². The van der Waals surface area contributed by atoms with Crippen LogP contribution in [0.15, 0.2) is 176 Å². The number of rotatable bonds is 7. The van der Waals surface area contributed by atoms with Crippen LogP contribution in [0.5, 0.6) is 0 Å². The molecule has 0 aliphatic carbocycles. The number of hydrogen-bond donors (Lipinski definition) is 0. The van der Waals surface area contributed by atoms with E-state index in [2.05, 4.69) is 0 Å². The molecule has 3 aromatic heterocycles. The molecule has 0 spiro atoms. The Morgan fingerprint density at radius 2 is 0.750 bits per heavy atom. The van der Waals surface area contributed by atoms with E-state index < -0.39 is 0 Å². The van der Waals surface area contributed by atoms with E-state index in [1.165, 1.54) is 24.3 Å². The van der Waals surface area contributed by atoms with Crippen LogP contribution in [0.1, 0.15) is 0 Å². The molecule has 0 amide bonds. The molecule has 0 fully saturated rings. The van der Waals surface area contributed by atoms with Crippen LogP contribution in [-0.4, -0.2) is 34.1 Å². The van der Waals surface area contributed by atoms with Crippen molar-refractivity contribution in [2.24, 2.45) is 0 Å². The molecule has 10 aromatic rings. The lowest BCUT2D eigenvalue weighted by Gasteiger charge is -2.15. The van der Waals surface area contributed by atoms with Gasteiger partial charge in [-0.25, -0.2) is 33.7 Å². The van der Waals surface area contributed by atoms with E-state index in [9.17, 15) is 8.78 Å². The van der Waals surface area contributed by atoms with Crippen LogP contribution in [0.2, 0.25) is 0 Å². The molecule has 7 aromatic carbocycles. The van der Waals surface area contributed by atoms with Gasteiger partial charge in [0.1, 0.15) is 23.3 Å². The molecule has 0 radical (unpaired) electrons. The van der Waals surface area contributed by atoms with Crippen molar-refractivity contribution in [3.63, 3.8) is 0 Å². The Morgan fingerprint density at radius 1 is 0.339 bits per heavy atom. The highest BCUT2D eigenvalue weighted by Gasteiger charge is 2.23. The van der Waals surface area contributed by atoms with Gasteiger partial charge >= 0.3 is 0 Å².